The Morgan fingerprint density at radius 2 is 2.21 bits per heavy atom. The maximum atomic E-state index is 7.42. The molecule has 1 aromatic rings. The van der Waals surface area contributed by atoms with Crippen LogP contribution in [-0.2, 0) is 0 Å². The molecule has 0 saturated heterocycles. The molecule has 14 heavy (non-hydrogen) atoms. The number of hydrogen-bond acceptors (Lipinski definition) is 3. The van der Waals surface area contributed by atoms with Gasteiger partial charge in [-0.1, -0.05) is 11.6 Å². The molecule has 1 unspecified atom stereocenters. The van der Waals surface area contributed by atoms with Gasteiger partial charge in [0.25, 0.3) is 0 Å². The summed E-state index contributed by atoms with van der Waals surface area (Å²) in [4.78, 5) is 9.27. The summed E-state index contributed by atoms with van der Waals surface area (Å²) in [5.74, 6) is 0.437. The normalized spacial score (nSPS) is 13.9. The van der Waals surface area contributed by atoms with Crippen LogP contribution in [0.5, 0.6) is 0 Å². The fourth-order valence-electron chi connectivity index (χ4n) is 0.812. The molecular weight excluding hydrogens is 221 g/mol. The number of aromatic nitrogens is 2. The molecule has 0 amide bonds. The quantitative estimate of drug-likeness (QED) is 0.583. The van der Waals surface area contributed by atoms with Gasteiger partial charge in [0.1, 0.15) is 11.0 Å². The van der Waals surface area contributed by atoms with Gasteiger partial charge in [0.05, 0.1) is 0 Å². The number of hydrogen-bond donors (Lipinski definition) is 0. The second-order valence-electron chi connectivity index (χ2n) is 3.23. The van der Waals surface area contributed by atoms with Crippen LogP contribution >= 0.6 is 23.2 Å². The van der Waals surface area contributed by atoms with E-state index < -0.39 is 12.4 Å². The van der Waals surface area contributed by atoms with Crippen molar-refractivity contribution in [3.8, 4) is 0 Å². The number of rotatable bonds is 2. The molecule has 0 N–H and O–H groups in total. The molecule has 0 saturated carbocycles. The van der Waals surface area contributed by atoms with Crippen LogP contribution < -0.4 is 4.90 Å². The topological polar surface area (TPSA) is 29.0 Å². The van der Waals surface area contributed by atoms with Crippen molar-refractivity contribution >= 4 is 29.0 Å². The molecule has 5 heteroatoms. The SMILES string of the molecule is [2H]C([2H])C([CH2])(C)N(C)c1cc(Cl)nc(Cl)n1. The Hall–Kier alpha value is -0.540. The minimum atomic E-state index is -1.13. The first-order chi connectivity index (χ1) is 7.25. The third kappa shape index (κ3) is 2.72. The van der Waals surface area contributed by atoms with Crippen LogP contribution in [0.4, 0.5) is 5.82 Å². The van der Waals surface area contributed by atoms with Crippen LogP contribution in [-0.4, -0.2) is 22.6 Å². The van der Waals surface area contributed by atoms with Gasteiger partial charge in [0, 0.05) is 21.4 Å². The Morgan fingerprint density at radius 1 is 1.57 bits per heavy atom. The van der Waals surface area contributed by atoms with Crippen molar-refractivity contribution in [3.63, 3.8) is 0 Å². The zero-order valence-corrected chi connectivity index (χ0v) is 9.47. The molecule has 0 aliphatic carbocycles. The number of halogens is 2. The highest BCUT2D eigenvalue weighted by Gasteiger charge is 2.19. The molecule has 1 rings (SSSR count). The Kier molecular flexibility index (Phi) is 2.44. The van der Waals surface area contributed by atoms with Gasteiger partial charge in [-0.2, -0.15) is 0 Å². The van der Waals surface area contributed by atoms with Gasteiger partial charge in [0.15, 0.2) is 0 Å². The summed E-state index contributed by atoms with van der Waals surface area (Å²) in [6, 6.07) is 1.51. The summed E-state index contributed by atoms with van der Waals surface area (Å²) in [7, 11) is 1.68. The van der Waals surface area contributed by atoms with E-state index in [1.54, 1.807) is 18.9 Å². The van der Waals surface area contributed by atoms with E-state index in [4.69, 9.17) is 25.9 Å². The molecule has 1 atom stereocenters. The third-order valence-electron chi connectivity index (χ3n) is 1.76. The van der Waals surface area contributed by atoms with Crippen molar-refractivity contribution in [2.24, 2.45) is 0 Å². The molecule has 1 radical (unpaired) electrons. The largest absolute Gasteiger partial charge is 0.354 e. The predicted octanol–water partition coefficient (Wildman–Crippen LogP) is 2.83. The highest BCUT2D eigenvalue weighted by molar-refractivity contribution is 6.32. The van der Waals surface area contributed by atoms with Crippen LogP contribution in [0.25, 0.3) is 0 Å². The maximum Gasteiger partial charge on any atom is 0.225 e. The van der Waals surface area contributed by atoms with E-state index >= 15 is 0 Å². The van der Waals surface area contributed by atoms with Crippen LogP contribution in [0.15, 0.2) is 6.07 Å². The summed E-state index contributed by atoms with van der Waals surface area (Å²) in [5.41, 5.74) is -0.943. The minimum absolute atomic E-state index is 0.0247. The van der Waals surface area contributed by atoms with Gasteiger partial charge in [-0.05, 0) is 32.3 Å². The lowest BCUT2D eigenvalue weighted by Gasteiger charge is -2.32. The zero-order valence-electron chi connectivity index (χ0n) is 9.96. The van der Waals surface area contributed by atoms with Crippen LogP contribution in [0, 0.1) is 6.92 Å². The minimum Gasteiger partial charge on any atom is -0.354 e. The lowest BCUT2D eigenvalue weighted by molar-refractivity contribution is 0.592. The molecule has 0 aliphatic rings. The first-order valence-electron chi connectivity index (χ1n) is 5.04. The summed E-state index contributed by atoms with van der Waals surface area (Å²) in [6.45, 7) is 4.34. The van der Waals surface area contributed by atoms with Crippen LogP contribution in [0.1, 0.15) is 16.5 Å². The molecule has 1 heterocycles. The molecule has 0 fully saturated rings. The standard InChI is InChI=1S/C9H12Cl2N3/c1-9(2,3)14(4)7-5-6(10)12-8(11)13-7/h5H,1H2,2-4H3/i2D2. The molecule has 0 bridgehead atoms. The highest BCUT2D eigenvalue weighted by Crippen LogP contribution is 2.22. The molecule has 77 valence electrons. The Morgan fingerprint density at radius 3 is 2.71 bits per heavy atom. The van der Waals surface area contributed by atoms with Gasteiger partial charge in [-0.3, -0.25) is 0 Å². The van der Waals surface area contributed by atoms with Crippen molar-refractivity contribution in [1.82, 2.24) is 9.97 Å². The van der Waals surface area contributed by atoms with Crippen molar-refractivity contribution < 1.29 is 2.74 Å². The molecule has 0 spiro atoms. The lowest BCUT2D eigenvalue weighted by Crippen LogP contribution is -2.39. The van der Waals surface area contributed by atoms with Gasteiger partial charge >= 0.3 is 0 Å². The van der Waals surface area contributed by atoms with E-state index in [1.807, 2.05) is 0 Å². The molecule has 0 aromatic carbocycles. The van der Waals surface area contributed by atoms with Gasteiger partial charge in [-0.15, -0.1) is 0 Å². The number of nitrogens with zero attached hydrogens (tertiary/aromatic N) is 3. The van der Waals surface area contributed by atoms with E-state index in [-0.39, 0.29) is 10.4 Å². The average molecular weight is 235 g/mol. The molecule has 1 aromatic heterocycles. The van der Waals surface area contributed by atoms with Crippen LogP contribution in [0.2, 0.25) is 10.4 Å². The van der Waals surface area contributed by atoms with Crippen molar-refractivity contribution in [3.05, 3.63) is 23.4 Å². The summed E-state index contributed by atoms with van der Waals surface area (Å²) in [6.07, 6.45) is 0. The van der Waals surface area contributed by atoms with E-state index in [0.29, 0.717) is 5.82 Å². The second kappa shape index (κ2) is 3.91. The van der Waals surface area contributed by atoms with E-state index in [9.17, 15) is 0 Å². The predicted molar refractivity (Wildman–Crippen MR) is 59.9 cm³/mol. The molecular formula is C9H12Cl2N3. The van der Waals surface area contributed by atoms with Crippen LogP contribution in [0.3, 0.4) is 0 Å². The van der Waals surface area contributed by atoms with Gasteiger partial charge in [0.2, 0.25) is 5.28 Å². The van der Waals surface area contributed by atoms with Crippen molar-refractivity contribution in [1.29, 1.82) is 0 Å². The highest BCUT2D eigenvalue weighted by atomic mass is 35.5. The first-order valence-corrected chi connectivity index (χ1v) is 4.64. The van der Waals surface area contributed by atoms with Gasteiger partial charge in [-0.25, -0.2) is 9.97 Å². The lowest BCUT2D eigenvalue weighted by atomic mass is 10.1. The maximum absolute atomic E-state index is 7.42. The molecule has 3 nitrogen and oxygen atoms in total. The van der Waals surface area contributed by atoms with Crippen molar-refractivity contribution in [2.75, 3.05) is 11.9 Å². The van der Waals surface area contributed by atoms with Crippen molar-refractivity contribution in [2.45, 2.75) is 19.3 Å². The average Bonchev–Trinajstić information content (AvgIpc) is 2.14. The monoisotopic (exact) mass is 234 g/mol. The first kappa shape index (κ1) is 8.74. The Labute approximate surface area is 96.9 Å². The number of anilines is 1. The Bertz CT molecular complexity index is 365. The Balaban J connectivity index is 3.09. The van der Waals surface area contributed by atoms with Gasteiger partial charge < -0.3 is 4.90 Å². The fourth-order valence-corrected chi connectivity index (χ4v) is 1.21. The fraction of sp³-hybridized carbons (Fsp3) is 0.444. The van der Waals surface area contributed by atoms with E-state index in [2.05, 4.69) is 16.9 Å². The molecule has 0 aliphatic heterocycles. The van der Waals surface area contributed by atoms with E-state index in [0.717, 1.165) is 0 Å². The third-order valence-corrected chi connectivity index (χ3v) is 2.13. The summed E-state index contributed by atoms with van der Waals surface area (Å²) in [5, 5.41) is 0.237. The smallest absolute Gasteiger partial charge is 0.225 e. The summed E-state index contributed by atoms with van der Waals surface area (Å²) >= 11 is 11.4. The summed E-state index contributed by atoms with van der Waals surface area (Å²) < 4.78 is 14.8. The van der Waals surface area contributed by atoms with E-state index in [1.165, 1.54) is 6.07 Å². The second-order valence-corrected chi connectivity index (χ2v) is 3.96. The zero-order chi connectivity index (χ0) is 12.5.